The summed E-state index contributed by atoms with van der Waals surface area (Å²) in [6, 6.07) is 18.4. The van der Waals surface area contributed by atoms with E-state index in [0.717, 1.165) is 5.56 Å². The monoisotopic (exact) mass is 558 g/mol. The number of carbonyl (C=O) groups excluding carboxylic acids is 2. The van der Waals surface area contributed by atoms with Crippen LogP contribution in [0, 0.1) is 6.92 Å². The Hall–Kier alpha value is -1.000. The Labute approximate surface area is 264 Å². The van der Waals surface area contributed by atoms with Crippen molar-refractivity contribution >= 4 is 42.6 Å². The van der Waals surface area contributed by atoms with Crippen LogP contribution in [-0.4, -0.2) is 18.4 Å². The Bertz CT molecular complexity index is 1320. The number of benzene rings is 3. The van der Waals surface area contributed by atoms with Crippen LogP contribution in [0.4, 0.5) is 11.4 Å². The molecule has 1 aliphatic heterocycles. The first-order chi connectivity index (χ1) is 16.6. The van der Waals surface area contributed by atoms with Crippen LogP contribution < -0.4 is 79.1 Å². The van der Waals surface area contributed by atoms with Crippen molar-refractivity contribution in [3.8, 4) is 0 Å². The summed E-state index contributed by atoms with van der Waals surface area (Å²) in [5, 5.41) is 3.15. The summed E-state index contributed by atoms with van der Waals surface area (Å²) in [7, 11) is -5.25. The number of hydrogen-bond acceptors (Lipinski definition) is 6. The molecule has 0 bridgehead atoms. The van der Waals surface area contributed by atoms with E-state index in [-0.39, 0.29) is 77.3 Å². The van der Waals surface area contributed by atoms with Gasteiger partial charge in [-0.3, -0.25) is 9.59 Å². The first kappa shape index (κ1) is 32.2. The molecule has 4 rings (SSSR count). The Morgan fingerprint density at radius 1 is 1.05 bits per heavy atom. The van der Waals surface area contributed by atoms with Gasteiger partial charge < -0.3 is 29.1 Å². The number of fused-ring (bicyclic) bond motifs is 1. The minimum atomic E-state index is -5.25. The fraction of sp³-hybridized carbons (Fsp3) is 0.200. The summed E-state index contributed by atoms with van der Waals surface area (Å²) in [5.41, 5.74) is 3.10. The maximum absolute atomic E-state index is 13.4. The molecule has 2 amide bonds. The van der Waals surface area contributed by atoms with E-state index in [1.54, 1.807) is 48.5 Å². The Morgan fingerprint density at radius 3 is 2.38 bits per heavy atom. The van der Waals surface area contributed by atoms with Crippen molar-refractivity contribution in [2.45, 2.75) is 25.9 Å². The topological polar surface area (TPSA) is 122 Å². The summed E-state index contributed by atoms with van der Waals surface area (Å²) < 4.78 is 16.0. The van der Waals surface area contributed by atoms with E-state index >= 15 is 0 Å². The molecular formula is C25H22ClN2Na2O6P. The average Bonchev–Trinajstić information content (AvgIpc) is 2.97. The third kappa shape index (κ3) is 8.24. The van der Waals surface area contributed by atoms with Gasteiger partial charge in [0.05, 0.1) is 13.9 Å². The Kier molecular flexibility index (Phi) is 12.1. The second-order valence-corrected chi connectivity index (χ2v) is 9.73. The van der Waals surface area contributed by atoms with Crippen molar-refractivity contribution in [2.75, 3.05) is 16.8 Å². The van der Waals surface area contributed by atoms with Gasteiger partial charge in [-0.15, -0.1) is 0 Å². The SMILES string of the molecule is Cc1ccccc1C(=O)Nc1ccc(C(=O)N2CCCC(OP(=O)([O-])[O-])c3cc(Cl)ccc32)cc1.[Na+].[Na+]. The summed E-state index contributed by atoms with van der Waals surface area (Å²) >= 11 is 6.10. The van der Waals surface area contributed by atoms with Gasteiger partial charge in [-0.05, 0) is 73.9 Å². The maximum Gasteiger partial charge on any atom is 1.00 e. The fourth-order valence-electron chi connectivity index (χ4n) is 4.09. The predicted octanol–water partition coefficient (Wildman–Crippen LogP) is -1.76. The standard InChI is InChI=1S/C25H24ClN2O6P.2Na/c1-16-5-2-3-6-20(16)24(29)27-19-11-8-17(9-12-19)25(30)28-14-4-7-23(34-35(31,32)33)21-15-18(26)10-13-22(21)28;;/h2-3,5-6,8-13,15,23H,4,7,14H2,1H3,(H,27,29)(H2,31,32,33);;/q;2*+1/p-2. The van der Waals surface area contributed by atoms with Crippen LogP contribution in [0.1, 0.15) is 50.8 Å². The van der Waals surface area contributed by atoms with Gasteiger partial charge in [-0.2, -0.15) is 0 Å². The fourth-order valence-corrected chi connectivity index (χ4v) is 4.81. The van der Waals surface area contributed by atoms with E-state index in [2.05, 4.69) is 5.32 Å². The van der Waals surface area contributed by atoms with Gasteiger partial charge in [0.15, 0.2) is 0 Å². The van der Waals surface area contributed by atoms with Gasteiger partial charge in [-0.1, -0.05) is 29.8 Å². The molecule has 8 nitrogen and oxygen atoms in total. The zero-order valence-corrected chi connectivity index (χ0v) is 26.4. The number of halogens is 1. The van der Waals surface area contributed by atoms with Crippen molar-refractivity contribution < 1.29 is 87.6 Å². The van der Waals surface area contributed by atoms with Gasteiger partial charge in [0.1, 0.15) is 0 Å². The van der Waals surface area contributed by atoms with E-state index in [9.17, 15) is 23.9 Å². The second-order valence-electron chi connectivity index (χ2n) is 8.19. The molecule has 1 unspecified atom stereocenters. The molecule has 1 atom stereocenters. The first-order valence-corrected chi connectivity index (χ1v) is 12.7. The number of hydrogen-bond donors (Lipinski definition) is 1. The van der Waals surface area contributed by atoms with Crippen molar-refractivity contribution in [1.29, 1.82) is 0 Å². The van der Waals surface area contributed by atoms with Gasteiger partial charge in [0, 0.05) is 39.6 Å². The minimum absolute atomic E-state index is 0. The third-order valence-corrected chi connectivity index (χ3v) is 6.50. The number of anilines is 2. The van der Waals surface area contributed by atoms with Crippen LogP contribution >= 0.6 is 19.4 Å². The van der Waals surface area contributed by atoms with Crippen LogP contribution in [0.3, 0.4) is 0 Å². The summed E-state index contributed by atoms with van der Waals surface area (Å²) in [6.45, 7) is 2.15. The first-order valence-electron chi connectivity index (χ1n) is 10.9. The molecule has 0 aliphatic carbocycles. The number of nitrogens with zero attached hydrogens (tertiary/aromatic N) is 1. The Balaban J connectivity index is 0.00000241. The second kappa shape index (κ2) is 13.9. The molecule has 0 spiro atoms. The quantitative estimate of drug-likeness (QED) is 0.292. The van der Waals surface area contributed by atoms with Crippen molar-refractivity contribution in [1.82, 2.24) is 0 Å². The van der Waals surface area contributed by atoms with E-state index in [4.69, 9.17) is 16.1 Å². The molecule has 0 saturated heterocycles. The smallest absolute Gasteiger partial charge is 0.790 e. The van der Waals surface area contributed by atoms with E-state index < -0.39 is 13.9 Å². The molecule has 12 heteroatoms. The number of phosphoric acid groups is 1. The number of carbonyl (C=O) groups is 2. The number of rotatable bonds is 5. The zero-order chi connectivity index (χ0) is 25.2. The molecule has 1 heterocycles. The van der Waals surface area contributed by atoms with Crippen LogP contribution in [0.25, 0.3) is 0 Å². The molecule has 0 saturated carbocycles. The van der Waals surface area contributed by atoms with Crippen LogP contribution in [0.15, 0.2) is 66.7 Å². The van der Waals surface area contributed by atoms with Gasteiger partial charge in [0.2, 0.25) is 0 Å². The minimum Gasteiger partial charge on any atom is -0.790 e. The zero-order valence-electron chi connectivity index (χ0n) is 20.8. The molecule has 3 aromatic carbocycles. The molecule has 1 N–H and O–H groups in total. The maximum atomic E-state index is 13.4. The predicted molar refractivity (Wildman–Crippen MR) is 129 cm³/mol. The van der Waals surface area contributed by atoms with E-state index in [1.807, 2.05) is 19.1 Å². The largest absolute Gasteiger partial charge is 1.00 e. The normalized spacial score (nSPS) is 14.9. The number of nitrogens with one attached hydrogen (secondary N) is 1. The average molecular weight is 559 g/mol. The molecule has 0 radical (unpaired) electrons. The van der Waals surface area contributed by atoms with Gasteiger partial charge >= 0.3 is 59.1 Å². The van der Waals surface area contributed by atoms with Crippen LogP contribution in [-0.2, 0) is 9.09 Å². The molecule has 182 valence electrons. The van der Waals surface area contributed by atoms with Crippen LogP contribution in [0.2, 0.25) is 5.02 Å². The van der Waals surface area contributed by atoms with Crippen molar-refractivity contribution in [3.63, 3.8) is 0 Å². The molecular weight excluding hydrogens is 537 g/mol. The summed E-state index contributed by atoms with van der Waals surface area (Å²) in [6.07, 6.45) is -0.385. The Morgan fingerprint density at radius 2 is 1.73 bits per heavy atom. The summed E-state index contributed by atoms with van der Waals surface area (Å²) in [4.78, 5) is 50.0. The molecule has 3 aromatic rings. The summed E-state index contributed by atoms with van der Waals surface area (Å²) in [5.74, 6) is -0.570. The number of aryl methyl sites for hydroxylation is 1. The number of phosphoric ester groups is 1. The molecule has 37 heavy (non-hydrogen) atoms. The van der Waals surface area contributed by atoms with Crippen molar-refractivity contribution in [2.24, 2.45) is 0 Å². The molecule has 1 aliphatic rings. The van der Waals surface area contributed by atoms with Crippen molar-refractivity contribution in [3.05, 3.63) is 94.0 Å². The molecule has 0 fully saturated rings. The third-order valence-electron chi connectivity index (χ3n) is 5.76. The van der Waals surface area contributed by atoms with E-state index in [1.165, 1.54) is 11.0 Å². The van der Waals surface area contributed by atoms with Gasteiger partial charge in [-0.25, -0.2) is 0 Å². The number of amides is 2. The van der Waals surface area contributed by atoms with Crippen LogP contribution in [0.5, 0.6) is 0 Å². The van der Waals surface area contributed by atoms with E-state index in [0.29, 0.717) is 46.1 Å². The molecule has 0 aromatic heterocycles. The van der Waals surface area contributed by atoms with Gasteiger partial charge in [0.25, 0.3) is 11.8 Å².